The minimum Gasteiger partial charge on any atom is -0.456 e. The van der Waals surface area contributed by atoms with Crippen LogP contribution in [0.25, 0.3) is 98.4 Å². The van der Waals surface area contributed by atoms with Gasteiger partial charge in [0.2, 0.25) is 0 Å². The third kappa shape index (κ3) is 6.27. The van der Waals surface area contributed by atoms with E-state index in [1.54, 1.807) is 0 Å². The molecule has 71 heavy (non-hydrogen) atoms. The molecule has 3 heterocycles. The van der Waals surface area contributed by atoms with Crippen molar-refractivity contribution in [1.29, 1.82) is 0 Å². The third-order valence-electron chi connectivity index (χ3n) is 14.4. The van der Waals surface area contributed by atoms with Crippen molar-refractivity contribution in [1.82, 2.24) is 0 Å². The summed E-state index contributed by atoms with van der Waals surface area (Å²) in [6.07, 6.45) is 0. The Morgan fingerprint density at radius 3 is 1.32 bits per heavy atom. The summed E-state index contributed by atoms with van der Waals surface area (Å²) in [4.78, 5) is 4.62. The fourth-order valence-corrected chi connectivity index (χ4v) is 11.1. The summed E-state index contributed by atoms with van der Waals surface area (Å²) in [7, 11) is 0. The highest BCUT2D eigenvalue weighted by molar-refractivity contribution is 6.28. The molecule has 0 saturated heterocycles. The Morgan fingerprint density at radius 1 is 0.254 bits per heavy atom. The Balaban J connectivity index is 0.793. The molecule has 14 aromatic rings. The maximum atomic E-state index is 6.95. The molecule has 15 rings (SSSR count). The Bertz CT molecular complexity index is 4420. The number of ether oxygens (including phenoxy) is 1. The van der Waals surface area contributed by atoms with E-state index in [4.69, 9.17) is 13.6 Å². The summed E-state index contributed by atoms with van der Waals surface area (Å²) in [5.41, 5.74) is 14.5. The molecule has 1 aliphatic rings. The van der Waals surface area contributed by atoms with Crippen LogP contribution in [0.5, 0.6) is 11.5 Å². The second kappa shape index (κ2) is 15.5. The smallest absolute Gasteiger partial charge is 0.136 e. The molecule has 1 aliphatic heterocycles. The molecule has 12 aromatic carbocycles. The lowest BCUT2D eigenvalue weighted by atomic mass is 9.88. The Hall–Kier alpha value is -9.58. The molecule has 0 spiro atoms. The van der Waals surface area contributed by atoms with Crippen LogP contribution in [0, 0.1) is 0 Å². The second-order valence-corrected chi connectivity index (χ2v) is 18.4. The Kier molecular flexibility index (Phi) is 8.59. The van der Waals surface area contributed by atoms with Gasteiger partial charge in [0.1, 0.15) is 33.8 Å². The molecule has 332 valence electrons. The summed E-state index contributed by atoms with van der Waals surface area (Å²) in [6, 6.07) is 86.2. The van der Waals surface area contributed by atoms with Crippen molar-refractivity contribution in [3.63, 3.8) is 0 Å². The molecule has 5 nitrogen and oxygen atoms in total. The monoisotopic (exact) mass is 908 g/mol. The average Bonchev–Trinajstić information content (AvgIpc) is 4.00. The average molecular weight is 909 g/mol. The number of hydrogen-bond donors (Lipinski definition) is 0. The topological polar surface area (TPSA) is 42.0 Å². The molecule has 0 amide bonds. The van der Waals surface area contributed by atoms with E-state index in [9.17, 15) is 0 Å². The van der Waals surface area contributed by atoms with E-state index < -0.39 is 0 Å². The van der Waals surface area contributed by atoms with Gasteiger partial charge in [-0.25, -0.2) is 0 Å². The van der Waals surface area contributed by atoms with Gasteiger partial charge < -0.3 is 23.4 Å². The molecule has 0 unspecified atom stereocenters. The van der Waals surface area contributed by atoms with Crippen LogP contribution in [0.3, 0.4) is 0 Å². The minimum atomic E-state index is 0.872. The Morgan fingerprint density at radius 2 is 0.732 bits per heavy atom. The van der Waals surface area contributed by atoms with Gasteiger partial charge in [0.05, 0.1) is 0 Å². The van der Waals surface area contributed by atoms with Crippen LogP contribution in [0.15, 0.2) is 251 Å². The first-order chi connectivity index (χ1) is 35.2. The van der Waals surface area contributed by atoms with Crippen molar-refractivity contribution >= 4 is 110 Å². The van der Waals surface area contributed by atoms with E-state index >= 15 is 0 Å². The first-order valence-corrected chi connectivity index (χ1v) is 24.0. The normalized spacial score (nSPS) is 12.1. The van der Waals surface area contributed by atoms with Crippen molar-refractivity contribution in [2.45, 2.75) is 0 Å². The van der Waals surface area contributed by atoms with E-state index in [2.05, 4.69) is 228 Å². The fourth-order valence-electron chi connectivity index (χ4n) is 11.1. The first kappa shape index (κ1) is 39.4. The van der Waals surface area contributed by atoms with Gasteiger partial charge in [-0.05, 0) is 160 Å². The zero-order valence-corrected chi connectivity index (χ0v) is 38.2. The standard InChI is InChI=1S/C66H40N2O3/c1-3-12-46(13-4-1)67(50-32-34-60-56(39-50)52-16-7-9-19-58(52)69-60)48-28-24-41(25-29-48)45-36-43-22-23-44-37-55(54-18-11-21-62-66(54)65(44)64(43)63(38-45)71-62)42-26-30-49(31-27-42)68(47-14-5-2-6-15-47)51-33-35-61-57(40-51)53-17-8-10-20-59(53)70-61/h1-40H. The van der Waals surface area contributed by atoms with Gasteiger partial charge in [0, 0.05) is 71.8 Å². The summed E-state index contributed by atoms with van der Waals surface area (Å²) < 4.78 is 19.3. The van der Waals surface area contributed by atoms with Gasteiger partial charge in [0.15, 0.2) is 0 Å². The molecule has 0 saturated carbocycles. The molecule has 0 aliphatic carbocycles. The predicted octanol–water partition coefficient (Wildman–Crippen LogP) is 19.3. The molecule has 0 atom stereocenters. The molecular formula is C66H40N2O3. The highest BCUT2D eigenvalue weighted by atomic mass is 16.5. The van der Waals surface area contributed by atoms with E-state index in [-0.39, 0.29) is 0 Å². The molecule has 0 fully saturated rings. The maximum Gasteiger partial charge on any atom is 0.136 e. The van der Waals surface area contributed by atoms with Crippen LogP contribution < -0.4 is 14.5 Å². The van der Waals surface area contributed by atoms with Crippen molar-refractivity contribution in [2.75, 3.05) is 9.80 Å². The number of para-hydroxylation sites is 4. The number of fused-ring (bicyclic) bond motifs is 6. The summed E-state index contributed by atoms with van der Waals surface area (Å²) in [5.74, 6) is 1.75. The second-order valence-electron chi connectivity index (χ2n) is 18.4. The molecule has 0 bridgehead atoms. The number of furan rings is 2. The highest BCUT2D eigenvalue weighted by Gasteiger charge is 2.24. The zero-order chi connectivity index (χ0) is 46.6. The SMILES string of the molecule is c1ccc(N(c2ccc(-c3cc4c5c(ccc6cc(-c7ccc(N(c8ccccc8)c8ccc9oc%10ccccc%10c9c8)cc7)c7cccc(c7c65)O4)c3)cc2)c2ccc3oc4ccccc4c3c2)cc1. The van der Waals surface area contributed by atoms with Gasteiger partial charge in [-0.3, -0.25) is 0 Å². The van der Waals surface area contributed by atoms with Crippen molar-refractivity contribution in [2.24, 2.45) is 0 Å². The van der Waals surface area contributed by atoms with Gasteiger partial charge in [-0.2, -0.15) is 0 Å². The van der Waals surface area contributed by atoms with Crippen LogP contribution in [-0.4, -0.2) is 0 Å². The predicted molar refractivity (Wildman–Crippen MR) is 294 cm³/mol. The lowest BCUT2D eigenvalue weighted by molar-refractivity contribution is 0.493. The van der Waals surface area contributed by atoms with Crippen LogP contribution in [0.2, 0.25) is 0 Å². The number of nitrogens with zero attached hydrogens (tertiary/aromatic N) is 2. The number of rotatable bonds is 8. The quantitative estimate of drug-likeness (QED) is 0.142. The van der Waals surface area contributed by atoms with Gasteiger partial charge >= 0.3 is 0 Å². The number of hydrogen-bond acceptors (Lipinski definition) is 5. The van der Waals surface area contributed by atoms with Crippen LogP contribution in [0.1, 0.15) is 0 Å². The fraction of sp³-hybridized carbons (Fsp3) is 0. The third-order valence-corrected chi connectivity index (χ3v) is 14.4. The highest BCUT2D eigenvalue weighted by Crippen LogP contribution is 2.51. The number of benzene rings is 12. The van der Waals surface area contributed by atoms with Crippen molar-refractivity contribution in [3.05, 3.63) is 243 Å². The summed E-state index contributed by atoms with van der Waals surface area (Å²) >= 11 is 0. The van der Waals surface area contributed by atoms with E-state index in [1.807, 2.05) is 24.3 Å². The van der Waals surface area contributed by atoms with Crippen LogP contribution in [-0.2, 0) is 0 Å². The number of anilines is 6. The van der Waals surface area contributed by atoms with Gasteiger partial charge in [-0.1, -0.05) is 121 Å². The van der Waals surface area contributed by atoms with Crippen LogP contribution >= 0.6 is 0 Å². The Labute approximate surface area is 408 Å². The van der Waals surface area contributed by atoms with Gasteiger partial charge in [0.25, 0.3) is 0 Å². The molecule has 0 radical (unpaired) electrons. The summed E-state index contributed by atoms with van der Waals surface area (Å²) in [6.45, 7) is 0. The van der Waals surface area contributed by atoms with Crippen molar-refractivity contribution < 1.29 is 13.6 Å². The minimum absolute atomic E-state index is 0.872. The van der Waals surface area contributed by atoms with E-state index in [1.165, 1.54) is 21.7 Å². The molecule has 2 aromatic heterocycles. The van der Waals surface area contributed by atoms with Gasteiger partial charge in [-0.15, -0.1) is 0 Å². The molecular weight excluding hydrogens is 869 g/mol. The summed E-state index contributed by atoms with van der Waals surface area (Å²) in [5, 5.41) is 11.4. The largest absolute Gasteiger partial charge is 0.456 e. The first-order valence-electron chi connectivity index (χ1n) is 24.0. The molecule has 0 N–H and O–H groups in total. The van der Waals surface area contributed by atoms with E-state index in [0.29, 0.717) is 0 Å². The van der Waals surface area contributed by atoms with Crippen LogP contribution in [0.4, 0.5) is 34.1 Å². The maximum absolute atomic E-state index is 6.95. The zero-order valence-electron chi connectivity index (χ0n) is 38.2. The lowest BCUT2D eigenvalue weighted by Crippen LogP contribution is -2.09. The van der Waals surface area contributed by atoms with E-state index in [0.717, 1.165) is 122 Å². The van der Waals surface area contributed by atoms with Crippen molar-refractivity contribution in [3.8, 4) is 33.8 Å². The molecule has 5 heteroatoms. The lowest BCUT2D eigenvalue weighted by Gasteiger charge is -2.26.